The molecule has 0 aliphatic rings. The highest BCUT2D eigenvalue weighted by atomic mass is 35.5. The molecule has 90 valence electrons. The van der Waals surface area contributed by atoms with Gasteiger partial charge in [0.1, 0.15) is 0 Å². The second-order valence-electron chi connectivity index (χ2n) is 3.61. The van der Waals surface area contributed by atoms with E-state index in [0.29, 0.717) is 10.7 Å². The van der Waals surface area contributed by atoms with Crippen LogP contribution >= 0.6 is 11.6 Å². The van der Waals surface area contributed by atoms with Crippen LogP contribution in [0.3, 0.4) is 0 Å². The van der Waals surface area contributed by atoms with Gasteiger partial charge in [0.25, 0.3) is 10.2 Å². The number of nitrogens with one attached hydrogen (secondary N) is 2. The zero-order valence-corrected chi connectivity index (χ0v) is 10.6. The summed E-state index contributed by atoms with van der Waals surface area (Å²) in [5.74, 6) is 0. The van der Waals surface area contributed by atoms with Gasteiger partial charge in [-0.15, -0.1) is 0 Å². The number of hydrogen-bond acceptors (Lipinski definition) is 3. The van der Waals surface area contributed by atoms with Gasteiger partial charge in [0.15, 0.2) is 0 Å². The van der Waals surface area contributed by atoms with Gasteiger partial charge in [0.05, 0.1) is 11.4 Å². The van der Waals surface area contributed by atoms with E-state index in [2.05, 4.69) is 9.44 Å². The van der Waals surface area contributed by atoms with Crippen LogP contribution in [-0.2, 0) is 10.2 Å². The molecule has 0 bridgehead atoms. The molecule has 1 aromatic carbocycles. The standard InChI is InChI=1S/C9H14ClN3O2S/c1-6(2)12-16(14,15)13-9-4-3-7(10)5-8(9)11/h3-6,12-13H,11H2,1-2H3. The van der Waals surface area contributed by atoms with Crippen molar-refractivity contribution in [2.75, 3.05) is 10.5 Å². The zero-order valence-electron chi connectivity index (χ0n) is 8.99. The summed E-state index contributed by atoms with van der Waals surface area (Å²) in [6, 6.07) is 4.36. The Morgan fingerprint density at radius 2 is 2.00 bits per heavy atom. The lowest BCUT2D eigenvalue weighted by atomic mass is 10.3. The molecule has 0 unspecified atom stereocenters. The minimum Gasteiger partial charge on any atom is -0.397 e. The highest BCUT2D eigenvalue weighted by Gasteiger charge is 2.12. The summed E-state index contributed by atoms with van der Waals surface area (Å²) >= 11 is 5.70. The summed E-state index contributed by atoms with van der Waals surface area (Å²) in [5.41, 5.74) is 6.20. The SMILES string of the molecule is CC(C)NS(=O)(=O)Nc1ccc(Cl)cc1N. The number of hydrogen-bond donors (Lipinski definition) is 3. The van der Waals surface area contributed by atoms with Crippen LogP contribution < -0.4 is 15.2 Å². The molecule has 0 amide bonds. The molecule has 0 atom stereocenters. The molecule has 16 heavy (non-hydrogen) atoms. The average molecular weight is 264 g/mol. The Labute approximate surface area is 100 Å². The molecule has 0 radical (unpaired) electrons. The Balaban J connectivity index is 2.88. The summed E-state index contributed by atoms with van der Waals surface area (Å²) in [4.78, 5) is 0. The first-order valence-corrected chi connectivity index (χ1v) is 6.51. The van der Waals surface area contributed by atoms with Crippen LogP contribution in [0.2, 0.25) is 5.02 Å². The minimum atomic E-state index is -3.59. The number of halogens is 1. The Morgan fingerprint density at radius 3 is 2.50 bits per heavy atom. The van der Waals surface area contributed by atoms with Crippen LogP contribution in [0, 0.1) is 0 Å². The maximum atomic E-state index is 11.5. The molecular weight excluding hydrogens is 250 g/mol. The molecule has 7 heteroatoms. The summed E-state index contributed by atoms with van der Waals surface area (Å²) in [7, 11) is -3.59. The van der Waals surface area contributed by atoms with Crippen molar-refractivity contribution in [2.45, 2.75) is 19.9 Å². The van der Waals surface area contributed by atoms with Gasteiger partial charge in [0.2, 0.25) is 0 Å². The van der Waals surface area contributed by atoms with Crippen LogP contribution in [0.5, 0.6) is 0 Å². The van der Waals surface area contributed by atoms with E-state index in [0.717, 1.165) is 0 Å². The third-order valence-corrected chi connectivity index (χ3v) is 3.15. The highest BCUT2D eigenvalue weighted by molar-refractivity contribution is 7.90. The smallest absolute Gasteiger partial charge is 0.299 e. The monoisotopic (exact) mass is 263 g/mol. The van der Waals surface area contributed by atoms with Gasteiger partial charge in [-0.05, 0) is 32.0 Å². The lowest BCUT2D eigenvalue weighted by molar-refractivity contribution is 0.575. The van der Waals surface area contributed by atoms with Gasteiger partial charge in [-0.3, -0.25) is 4.72 Å². The lowest BCUT2D eigenvalue weighted by Gasteiger charge is -2.13. The first kappa shape index (κ1) is 13.1. The van der Waals surface area contributed by atoms with Crippen LogP contribution in [-0.4, -0.2) is 14.5 Å². The van der Waals surface area contributed by atoms with E-state index < -0.39 is 10.2 Å². The molecule has 1 rings (SSSR count). The van der Waals surface area contributed by atoms with Gasteiger partial charge < -0.3 is 5.73 Å². The number of rotatable bonds is 4. The molecular formula is C9H14ClN3O2S. The van der Waals surface area contributed by atoms with Crippen LogP contribution in [0.4, 0.5) is 11.4 Å². The van der Waals surface area contributed by atoms with E-state index in [9.17, 15) is 8.42 Å². The summed E-state index contributed by atoms with van der Waals surface area (Å²) in [5, 5.41) is 0.456. The molecule has 0 aromatic heterocycles. The fraction of sp³-hybridized carbons (Fsp3) is 0.333. The Bertz CT molecular complexity index is 474. The number of nitrogen functional groups attached to an aromatic ring is 1. The van der Waals surface area contributed by atoms with Gasteiger partial charge in [-0.25, -0.2) is 0 Å². The largest absolute Gasteiger partial charge is 0.397 e. The van der Waals surface area contributed by atoms with E-state index in [1.54, 1.807) is 19.9 Å². The molecule has 0 aliphatic carbocycles. The Morgan fingerprint density at radius 1 is 1.38 bits per heavy atom. The normalized spacial score (nSPS) is 11.8. The highest BCUT2D eigenvalue weighted by Crippen LogP contribution is 2.23. The second-order valence-corrected chi connectivity index (χ2v) is 5.49. The number of nitrogens with two attached hydrogens (primary N) is 1. The van der Waals surface area contributed by atoms with Crippen molar-refractivity contribution >= 4 is 33.2 Å². The Kier molecular flexibility index (Phi) is 4.01. The minimum absolute atomic E-state index is 0.189. The van der Waals surface area contributed by atoms with Gasteiger partial charge >= 0.3 is 0 Å². The van der Waals surface area contributed by atoms with Gasteiger partial charge in [-0.1, -0.05) is 11.6 Å². The molecule has 5 nitrogen and oxygen atoms in total. The Hall–Kier alpha value is -0.980. The fourth-order valence-corrected chi connectivity index (χ4v) is 2.45. The van der Waals surface area contributed by atoms with Gasteiger partial charge in [0, 0.05) is 11.1 Å². The lowest BCUT2D eigenvalue weighted by Crippen LogP contribution is -2.35. The molecule has 0 saturated carbocycles. The van der Waals surface area contributed by atoms with Crippen molar-refractivity contribution in [1.82, 2.24) is 4.72 Å². The first-order valence-electron chi connectivity index (χ1n) is 4.65. The van der Waals surface area contributed by atoms with Crippen molar-refractivity contribution in [2.24, 2.45) is 0 Å². The second kappa shape index (κ2) is 4.90. The maximum Gasteiger partial charge on any atom is 0.299 e. The average Bonchev–Trinajstić information content (AvgIpc) is 2.07. The molecule has 1 aromatic rings. The predicted molar refractivity (Wildman–Crippen MR) is 66.7 cm³/mol. The number of anilines is 2. The van der Waals surface area contributed by atoms with Crippen molar-refractivity contribution in [3.8, 4) is 0 Å². The summed E-state index contributed by atoms with van der Waals surface area (Å²) < 4.78 is 27.8. The number of benzene rings is 1. The van der Waals surface area contributed by atoms with E-state index in [4.69, 9.17) is 17.3 Å². The van der Waals surface area contributed by atoms with Crippen molar-refractivity contribution in [3.05, 3.63) is 23.2 Å². The maximum absolute atomic E-state index is 11.5. The topological polar surface area (TPSA) is 84.2 Å². The van der Waals surface area contributed by atoms with Crippen LogP contribution in [0.25, 0.3) is 0 Å². The van der Waals surface area contributed by atoms with Crippen molar-refractivity contribution in [1.29, 1.82) is 0 Å². The van der Waals surface area contributed by atoms with Crippen molar-refractivity contribution < 1.29 is 8.42 Å². The first-order chi connectivity index (χ1) is 7.30. The van der Waals surface area contributed by atoms with E-state index >= 15 is 0 Å². The summed E-state index contributed by atoms with van der Waals surface area (Å²) in [6.45, 7) is 3.45. The molecule has 0 fully saturated rings. The van der Waals surface area contributed by atoms with Crippen LogP contribution in [0.1, 0.15) is 13.8 Å². The zero-order chi connectivity index (χ0) is 12.3. The molecule has 0 spiro atoms. The molecule has 0 saturated heterocycles. The third-order valence-electron chi connectivity index (χ3n) is 1.65. The van der Waals surface area contributed by atoms with E-state index in [1.807, 2.05) is 0 Å². The van der Waals surface area contributed by atoms with Crippen LogP contribution in [0.15, 0.2) is 18.2 Å². The quantitative estimate of drug-likeness (QED) is 0.721. The van der Waals surface area contributed by atoms with E-state index in [-0.39, 0.29) is 11.7 Å². The fourth-order valence-electron chi connectivity index (χ4n) is 1.11. The van der Waals surface area contributed by atoms with Gasteiger partial charge in [-0.2, -0.15) is 13.1 Å². The van der Waals surface area contributed by atoms with Crippen molar-refractivity contribution in [3.63, 3.8) is 0 Å². The molecule has 0 heterocycles. The third kappa shape index (κ3) is 3.88. The molecule has 0 aliphatic heterocycles. The summed E-state index contributed by atoms with van der Waals surface area (Å²) in [6.07, 6.45) is 0. The van der Waals surface area contributed by atoms with E-state index in [1.165, 1.54) is 12.1 Å². The molecule has 4 N–H and O–H groups in total. The predicted octanol–water partition coefficient (Wildman–Crippen LogP) is 1.58.